The minimum absolute atomic E-state index is 1.62. The van der Waals surface area contributed by atoms with Gasteiger partial charge in [0.15, 0.2) is 23.3 Å². The SMILES string of the molecule is C=C(c1c(F)c(F)c(F)c(F)c1F)S(=O)(=O)O. The van der Waals surface area contributed by atoms with E-state index >= 15 is 0 Å². The molecule has 0 atom stereocenters. The van der Waals surface area contributed by atoms with E-state index in [1.54, 1.807) is 0 Å². The molecular weight excluding hydrogens is 271 g/mol. The summed E-state index contributed by atoms with van der Waals surface area (Å²) in [6.45, 7) is 2.56. The molecule has 0 aliphatic rings. The van der Waals surface area contributed by atoms with Gasteiger partial charge in [-0.1, -0.05) is 6.58 Å². The summed E-state index contributed by atoms with van der Waals surface area (Å²) in [5, 5.41) is 0. The zero-order valence-corrected chi connectivity index (χ0v) is 8.59. The Morgan fingerprint density at radius 3 is 1.47 bits per heavy atom. The first-order valence-electron chi connectivity index (χ1n) is 3.77. The molecule has 0 radical (unpaired) electrons. The predicted molar refractivity (Wildman–Crippen MR) is 46.8 cm³/mol. The maximum atomic E-state index is 13.0. The van der Waals surface area contributed by atoms with Crippen LogP contribution in [0.2, 0.25) is 0 Å². The van der Waals surface area contributed by atoms with Crippen LogP contribution in [0.1, 0.15) is 5.56 Å². The highest BCUT2D eigenvalue weighted by molar-refractivity contribution is 7.95. The summed E-state index contributed by atoms with van der Waals surface area (Å²) in [7, 11) is -5.18. The van der Waals surface area contributed by atoms with E-state index in [9.17, 15) is 30.4 Å². The van der Waals surface area contributed by atoms with Gasteiger partial charge >= 0.3 is 0 Å². The molecule has 9 heteroatoms. The predicted octanol–water partition coefficient (Wildman–Crippen LogP) is 2.24. The fourth-order valence-corrected chi connectivity index (χ4v) is 1.42. The summed E-state index contributed by atoms with van der Waals surface area (Å²) in [6, 6.07) is 0. The van der Waals surface area contributed by atoms with Crippen LogP contribution in [-0.4, -0.2) is 13.0 Å². The number of benzene rings is 1. The highest BCUT2D eigenvalue weighted by Crippen LogP contribution is 2.29. The molecule has 0 amide bonds. The molecule has 0 saturated carbocycles. The zero-order valence-electron chi connectivity index (χ0n) is 7.77. The van der Waals surface area contributed by atoms with Gasteiger partial charge in [-0.3, -0.25) is 4.55 Å². The van der Waals surface area contributed by atoms with Crippen LogP contribution in [0, 0.1) is 29.1 Å². The number of hydrogen-bond acceptors (Lipinski definition) is 2. The lowest BCUT2D eigenvalue weighted by Crippen LogP contribution is -2.10. The van der Waals surface area contributed by atoms with Crippen molar-refractivity contribution in [2.75, 3.05) is 0 Å². The first-order valence-corrected chi connectivity index (χ1v) is 5.21. The number of halogens is 5. The van der Waals surface area contributed by atoms with Crippen LogP contribution >= 0.6 is 0 Å². The van der Waals surface area contributed by atoms with Crippen LogP contribution in [0.3, 0.4) is 0 Å². The van der Waals surface area contributed by atoms with Crippen LogP contribution in [0.5, 0.6) is 0 Å². The van der Waals surface area contributed by atoms with Gasteiger partial charge in [0.25, 0.3) is 10.1 Å². The molecule has 3 nitrogen and oxygen atoms in total. The van der Waals surface area contributed by atoms with Gasteiger partial charge in [0.2, 0.25) is 5.82 Å². The standard InChI is InChI=1S/C8H3F5O3S/c1-2(17(14,15)16)3-4(9)6(11)8(13)7(12)5(3)10/h1H2,(H,14,15,16). The van der Waals surface area contributed by atoms with Gasteiger partial charge in [-0.05, 0) is 0 Å². The smallest absolute Gasteiger partial charge is 0.282 e. The van der Waals surface area contributed by atoms with Crippen molar-refractivity contribution in [1.29, 1.82) is 0 Å². The van der Waals surface area contributed by atoms with Crippen molar-refractivity contribution in [2.45, 2.75) is 0 Å². The lowest BCUT2D eigenvalue weighted by atomic mass is 10.1. The highest BCUT2D eigenvalue weighted by atomic mass is 32.2. The molecule has 0 fully saturated rings. The molecule has 0 aromatic heterocycles. The molecule has 1 N–H and O–H groups in total. The average molecular weight is 274 g/mol. The van der Waals surface area contributed by atoms with Crippen LogP contribution in [0.15, 0.2) is 6.58 Å². The maximum Gasteiger partial charge on any atom is 0.294 e. The van der Waals surface area contributed by atoms with Gasteiger partial charge in [-0.15, -0.1) is 0 Å². The third kappa shape index (κ3) is 2.15. The van der Waals surface area contributed by atoms with Crippen LogP contribution in [0.25, 0.3) is 4.91 Å². The van der Waals surface area contributed by atoms with Gasteiger partial charge in [0, 0.05) is 0 Å². The second-order valence-corrected chi connectivity index (χ2v) is 4.29. The molecule has 1 rings (SSSR count). The van der Waals surface area contributed by atoms with Gasteiger partial charge < -0.3 is 0 Å². The quantitative estimate of drug-likeness (QED) is 0.389. The Hall–Kier alpha value is -1.48. The summed E-state index contributed by atoms with van der Waals surface area (Å²) in [6.07, 6.45) is 0. The van der Waals surface area contributed by atoms with E-state index in [-0.39, 0.29) is 0 Å². The molecule has 0 heterocycles. The summed E-state index contributed by atoms with van der Waals surface area (Å²) in [4.78, 5) is -1.62. The van der Waals surface area contributed by atoms with E-state index in [1.165, 1.54) is 0 Å². The van der Waals surface area contributed by atoms with Crippen molar-refractivity contribution < 1.29 is 34.9 Å². The van der Waals surface area contributed by atoms with Crippen molar-refractivity contribution in [2.24, 2.45) is 0 Å². The third-order valence-corrected chi connectivity index (χ3v) is 2.63. The van der Waals surface area contributed by atoms with Crippen molar-refractivity contribution >= 4 is 15.0 Å². The Labute approximate surface area is 91.9 Å². The summed E-state index contributed by atoms with van der Waals surface area (Å²) in [5.74, 6) is -11.9. The van der Waals surface area contributed by atoms with Crippen molar-refractivity contribution in [3.8, 4) is 0 Å². The number of hydrogen-bond donors (Lipinski definition) is 1. The van der Waals surface area contributed by atoms with E-state index < -0.39 is 49.7 Å². The second-order valence-electron chi connectivity index (χ2n) is 2.84. The van der Waals surface area contributed by atoms with Crippen molar-refractivity contribution in [3.05, 3.63) is 41.2 Å². The molecule has 0 aliphatic heterocycles. The van der Waals surface area contributed by atoms with Gasteiger partial charge in [0.05, 0.1) is 5.56 Å². The first kappa shape index (κ1) is 13.6. The van der Waals surface area contributed by atoms with Gasteiger partial charge in [-0.25, -0.2) is 22.0 Å². The minimum atomic E-state index is -5.18. The Morgan fingerprint density at radius 1 is 0.882 bits per heavy atom. The topological polar surface area (TPSA) is 54.4 Å². The zero-order chi connectivity index (χ0) is 13.5. The van der Waals surface area contributed by atoms with E-state index in [4.69, 9.17) is 4.55 Å². The lowest BCUT2D eigenvalue weighted by molar-refractivity contribution is 0.376. The molecule has 0 saturated heterocycles. The monoisotopic (exact) mass is 274 g/mol. The fourth-order valence-electron chi connectivity index (χ4n) is 0.979. The van der Waals surface area contributed by atoms with Crippen LogP contribution in [-0.2, 0) is 10.1 Å². The highest BCUT2D eigenvalue weighted by Gasteiger charge is 2.30. The van der Waals surface area contributed by atoms with Gasteiger partial charge in [0.1, 0.15) is 4.91 Å². The molecule has 1 aromatic carbocycles. The molecule has 94 valence electrons. The molecule has 0 aliphatic carbocycles. The van der Waals surface area contributed by atoms with E-state index in [0.29, 0.717) is 0 Å². The van der Waals surface area contributed by atoms with Crippen molar-refractivity contribution in [1.82, 2.24) is 0 Å². The summed E-state index contributed by atoms with van der Waals surface area (Å²) < 4.78 is 93.5. The molecule has 17 heavy (non-hydrogen) atoms. The van der Waals surface area contributed by atoms with E-state index in [2.05, 4.69) is 6.58 Å². The minimum Gasteiger partial charge on any atom is -0.282 e. The van der Waals surface area contributed by atoms with E-state index in [0.717, 1.165) is 0 Å². The summed E-state index contributed by atoms with van der Waals surface area (Å²) in [5.41, 5.74) is -1.79. The molecule has 0 bridgehead atoms. The van der Waals surface area contributed by atoms with Crippen LogP contribution < -0.4 is 0 Å². The Balaban J connectivity index is 3.74. The average Bonchev–Trinajstić information content (AvgIpc) is 2.22. The molecule has 1 aromatic rings. The second kappa shape index (κ2) is 4.08. The molecule has 0 unspecified atom stereocenters. The lowest BCUT2D eigenvalue weighted by Gasteiger charge is -2.08. The molecule has 0 spiro atoms. The maximum absolute atomic E-state index is 13.0. The largest absolute Gasteiger partial charge is 0.294 e. The molecular formula is C8H3F5O3S. The normalized spacial score (nSPS) is 11.6. The fraction of sp³-hybridized carbons (Fsp3) is 0. The Kier molecular flexibility index (Phi) is 3.26. The first-order chi connectivity index (χ1) is 7.59. The Morgan fingerprint density at radius 2 is 1.18 bits per heavy atom. The van der Waals surface area contributed by atoms with Crippen LogP contribution in [0.4, 0.5) is 22.0 Å². The third-order valence-electron chi connectivity index (χ3n) is 1.80. The number of rotatable bonds is 2. The Bertz CT molecular complexity index is 579. The van der Waals surface area contributed by atoms with Crippen molar-refractivity contribution in [3.63, 3.8) is 0 Å². The van der Waals surface area contributed by atoms with Gasteiger partial charge in [-0.2, -0.15) is 8.42 Å². The summed E-state index contributed by atoms with van der Waals surface area (Å²) >= 11 is 0. The van der Waals surface area contributed by atoms with E-state index in [1.807, 2.05) is 0 Å².